The van der Waals surface area contributed by atoms with E-state index < -0.39 is 23.9 Å². The standard InChI is InChI=1S/C18H36O3.C10H18O4.C6H12O2.Li.H/c1-2-3-4-11-14-17(19)15-12-9-7-5-6-8-10-13-16-18(20)21;11-9(12)7-5-3-1-2-4-6-8-10(13)14;1-2-3-4-5-6(7)8;;/h17,19H,2-16H2,1H3,(H,20,21);1-8H2,(H,11,12)(H,13,14);2-5H2,1H3,(H,7,8);;. The second-order valence-corrected chi connectivity index (χ2v) is 11.5. The summed E-state index contributed by atoms with van der Waals surface area (Å²) < 4.78 is 0. The second-order valence-electron chi connectivity index (χ2n) is 11.5. The van der Waals surface area contributed by atoms with Crippen LogP contribution in [0.3, 0.4) is 0 Å². The van der Waals surface area contributed by atoms with Gasteiger partial charge in [-0.05, 0) is 38.5 Å². The van der Waals surface area contributed by atoms with Crippen LogP contribution in [0.5, 0.6) is 0 Å². The predicted octanol–water partition coefficient (Wildman–Crippen LogP) is 8.58. The van der Waals surface area contributed by atoms with E-state index in [4.69, 9.17) is 20.4 Å². The van der Waals surface area contributed by atoms with E-state index in [1.807, 2.05) is 0 Å². The summed E-state index contributed by atoms with van der Waals surface area (Å²) in [6.45, 7) is 4.27. The Morgan fingerprint density at radius 3 is 0.864 bits per heavy atom. The quantitative estimate of drug-likeness (QED) is 0.0403. The van der Waals surface area contributed by atoms with Gasteiger partial charge in [0.2, 0.25) is 0 Å². The van der Waals surface area contributed by atoms with E-state index in [2.05, 4.69) is 13.8 Å². The van der Waals surface area contributed by atoms with E-state index in [-0.39, 0.29) is 37.8 Å². The predicted molar refractivity (Wildman–Crippen MR) is 180 cm³/mol. The van der Waals surface area contributed by atoms with E-state index >= 15 is 0 Å². The molecule has 0 saturated carbocycles. The molecule has 0 radical (unpaired) electrons. The minimum atomic E-state index is -0.740. The summed E-state index contributed by atoms with van der Waals surface area (Å²) in [4.78, 5) is 40.5. The Bertz CT molecular complexity index is 624. The Balaban J connectivity index is -0.000000299. The summed E-state index contributed by atoms with van der Waals surface area (Å²) in [6, 6.07) is 0. The van der Waals surface area contributed by atoms with Gasteiger partial charge in [0.05, 0.1) is 6.10 Å². The van der Waals surface area contributed by atoms with Crippen LogP contribution in [0.25, 0.3) is 0 Å². The Morgan fingerprint density at radius 1 is 0.386 bits per heavy atom. The molecule has 0 aliphatic heterocycles. The van der Waals surface area contributed by atoms with E-state index in [1.54, 1.807) is 0 Å². The van der Waals surface area contributed by atoms with Crippen molar-refractivity contribution in [2.45, 2.75) is 193 Å². The van der Waals surface area contributed by atoms with Gasteiger partial charge in [0.15, 0.2) is 0 Å². The Kier molecular flexibility index (Phi) is 46.4. The van der Waals surface area contributed by atoms with Crippen LogP contribution in [-0.2, 0) is 19.2 Å². The van der Waals surface area contributed by atoms with Crippen LogP contribution in [0.4, 0.5) is 0 Å². The molecule has 0 heterocycles. The molecule has 0 aromatic carbocycles. The molecule has 0 spiro atoms. The van der Waals surface area contributed by atoms with Gasteiger partial charge in [-0.25, -0.2) is 0 Å². The molecule has 0 fully saturated rings. The molecule has 0 rings (SSSR count). The van der Waals surface area contributed by atoms with Crippen LogP contribution < -0.4 is 0 Å². The normalized spacial score (nSPS) is 10.8. The van der Waals surface area contributed by atoms with Crippen LogP contribution in [0.2, 0.25) is 0 Å². The minimum absolute atomic E-state index is 0. The van der Waals surface area contributed by atoms with E-state index in [0.29, 0.717) is 12.8 Å². The fourth-order valence-electron chi connectivity index (χ4n) is 4.45. The van der Waals surface area contributed by atoms with Gasteiger partial charge in [-0.15, -0.1) is 0 Å². The monoisotopic (exact) mass is 626 g/mol. The first-order valence-corrected chi connectivity index (χ1v) is 17.1. The maximum absolute atomic E-state index is 10.3. The molecular weight excluding hydrogens is 559 g/mol. The van der Waals surface area contributed by atoms with Crippen LogP contribution >= 0.6 is 0 Å². The van der Waals surface area contributed by atoms with E-state index in [0.717, 1.165) is 96.3 Å². The topological polar surface area (TPSA) is 169 Å². The molecule has 0 aromatic rings. The van der Waals surface area contributed by atoms with Gasteiger partial charge in [-0.3, -0.25) is 19.2 Å². The molecule has 0 aromatic heterocycles. The molecule has 258 valence electrons. The maximum atomic E-state index is 10.3. The first-order chi connectivity index (χ1) is 20.6. The molecule has 9 nitrogen and oxygen atoms in total. The Labute approximate surface area is 280 Å². The summed E-state index contributed by atoms with van der Waals surface area (Å²) >= 11 is 0. The molecule has 10 heteroatoms. The summed E-state index contributed by atoms with van der Waals surface area (Å²) in [7, 11) is 0. The number of carboxylic acid groups (broad SMARTS) is 4. The van der Waals surface area contributed by atoms with E-state index in [9.17, 15) is 24.3 Å². The van der Waals surface area contributed by atoms with Crippen molar-refractivity contribution in [2.75, 3.05) is 0 Å². The summed E-state index contributed by atoms with van der Waals surface area (Å²) in [5, 5.41) is 43.2. The Morgan fingerprint density at radius 2 is 0.591 bits per heavy atom. The van der Waals surface area contributed by atoms with Crippen molar-refractivity contribution in [1.29, 1.82) is 0 Å². The fourth-order valence-corrected chi connectivity index (χ4v) is 4.45. The zero-order valence-corrected chi connectivity index (χ0v) is 27.5. The summed E-state index contributed by atoms with van der Waals surface area (Å²) in [5.41, 5.74) is 0. The van der Waals surface area contributed by atoms with Gasteiger partial charge in [-0.1, -0.05) is 123 Å². The van der Waals surface area contributed by atoms with Crippen molar-refractivity contribution in [3.05, 3.63) is 0 Å². The van der Waals surface area contributed by atoms with Crippen molar-refractivity contribution in [3.63, 3.8) is 0 Å². The number of carbonyl (C=O) groups is 4. The van der Waals surface area contributed by atoms with Gasteiger partial charge < -0.3 is 25.5 Å². The second kappa shape index (κ2) is 41.4. The zero-order chi connectivity index (χ0) is 33.0. The molecular formula is C34H67LiO9. The van der Waals surface area contributed by atoms with Gasteiger partial charge in [0, 0.05) is 25.7 Å². The third-order valence-corrected chi connectivity index (χ3v) is 7.09. The van der Waals surface area contributed by atoms with Gasteiger partial charge in [-0.2, -0.15) is 0 Å². The van der Waals surface area contributed by atoms with E-state index in [1.165, 1.54) is 51.4 Å². The van der Waals surface area contributed by atoms with Crippen LogP contribution in [0.1, 0.15) is 187 Å². The fraction of sp³-hybridized carbons (Fsp3) is 0.882. The van der Waals surface area contributed by atoms with Crippen LogP contribution in [0.15, 0.2) is 0 Å². The molecule has 5 N–H and O–H groups in total. The number of rotatable bonds is 29. The summed E-state index contributed by atoms with van der Waals surface area (Å²) in [6.07, 6.45) is 25.4. The molecule has 1 unspecified atom stereocenters. The van der Waals surface area contributed by atoms with Gasteiger partial charge >= 0.3 is 42.7 Å². The van der Waals surface area contributed by atoms with Crippen LogP contribution in [-0.4, -0.2) is 74.4 Å². The first-order valence-electron chi connectivity index (χ1n) is 17.1. The zero-order valence-electron chi connectivity index (χ0n) is 27.5. The molecule has 0 saturated heterocycles. The molecule has 44 heavy (non-hydrogen) atoms. The number of hydrogen-bond acceptors (Lipinski definition) is 5. The number of unbranched alkanes of at least 4 members (excludes halogenated alkanes) is 17. The number of aliphatic carboxylic acids is 4. The van der Waals surface area contributed by atoms with Crippen molar-refractivity contribution in [1.82, 2.24) is 0 Å². The van der Waals surface area contributed by atoms with Crippen molar-refractivity contribution in [2.24, 2.45) is 0 Å². The number of aliphatic hydroxyl groups excluding tert-OH is 1. The third-order valence-electron chi connectivity index (χ3n) is 7.09. The van der Waals surface area contributed by atoms with Crippen molar-refractivity contribution in [3.8, 4) is 0 Å². The summed E-state index contributed by atoms with van der Waals surface area (Å²) in [5.74, 6) is -2.84. The molecule has 0 bridgehead atoms. The van der Waals surface area contributed by atoms with Crippen molar-refractivity contribution < 1.29 is 44.7 Å². The Hall–Kier alpha value is -1.56. The number of hydrogen-bond donors (Lipinski definition) is 5. The van der Waals surface area contributed by atoms with Gasteiger partial charge in [0.1, 0.15) is 0 Å². The SMILES string of the molecule is CCCCCC(=O)O.CCCCCCC(O)CCCCCCCCCCC(=O)O.O=C(O)CCCCCCCCC(=O)O.[LiH]. The molecule has 0 aliphatic rings. The number of carboxylic acids is 4. The van der Waals surface area contributed by atoms with Gasteiger partial charge in [0.25, 0.3) is 0 Å². The molecule has 0 aliphatic carbocycles. The third kappa shape index (κ3) is 56.3. The molecule has 1 atom stereocenters. The average molecular weight is 627 g/mol. The van der Waals surface area contributed by atoms with Crippen LogP contribution in [0, 0.1) is 0 Å². The van der Waals surface area contributed by atoms with Crippen molar-refractivity contribution >= 4 is 42.7 Å². The number of aliphatic hydroxyl groups is 1. The molecule has 0 amide bonds. The average Bonchev–Trinajstić information content (AvgIpc) is 2.94. The first kappa shape index (κ1) is 49.3.